The number of methoxy groups -OCH3 is 1. The summed E-state index contributed by atoms with van der Waals surface area (Å²) in [4.78, 5) is 32.4. The number of carbonyl (C=O) groups excluding carboxylic acids is 2. The number of hydrogen-bond acceptors (Lipinski definition) is 6. The zero-order valence-corrected chi connectivity index (χ0v) is 19.4. The number of rotatable bonds is 8. The number of esters is 1. The number of hydrogen-bond donors (Lipinski definition) is 1. The van der Waals surface area contributed by atoms with Gasteiger partial charge in [-0.3, -0.25) is 9.78 Å². The van der Waals surface area contributed by atoms with E-state index in [1.165, 1.54) is 20.2 Å². The van der Waals surface area contributed by atoms with E-state index in [-0.39, 0.29) is 22.7 Å². The molecule has 1 N–H and O–H groups in total. The van der Waals surface area contributed by atoms with E-state index in [2.05, 4.69) is 9.97 Å². The highest BCUT2D eigenvalue weighted by Gasteiger charge is 2.36. The van der Waals surface area contributed by atoms with Gasteiger partial charge in [-0.15, -0.1) is 0 Å². The molecule has 0 aliphatic rings. The molecule has 33 heavy (non-hydrogen) atoms. The molecule has 0 saturated carbocycles. The van der Waals surface area contributed by atoms with Crippen LogP contribution in [-0.2, 0) is 21.3 Å². The van der Waals surface area contributed by atoms with Crippen LogP contribution in [0.5, 0.6) is 0 Å². The Bertz CT molecular complexity index is 1270. The number of carbonyl (C=O) groups is 2. The third kappa shape index (κ3) is 4.86. The monoisotopic (exact) mass is 473 g/mol. The minimum Gasteiger partial charge on any atom is -0.464 e. The molecule has 1 atom stereocenters. The molecule has 0 saturated heterocycles. The highest BCUT2D eigenvalue weighted by Crippen LogP contribution is 2.26. The summed E-state index contributed by atoms with van der Waals surface area (Å²) in [6.45, 7) is 4.50. The molecule has 1 unspecified atom stereocenters. The SMILES string of the molecule is COC(=O)c1[nH]c(C)c(C(=O)C(C)N(Cc2ccccn2)S(=O)(=O)c2ccc(F)cc2)c1C. The maximum absolute atomic E-state index is 13.5. The van der Waals surface area contributed by atoms with Crippen LogP contribution in [0.3, 0.4) is 0 Å². The number of benzene rings is 1. The molecule has 0 amide bonds. The number of ether oxygens (including phenoxy) is 1. The number of aromatic amines is 1. The number of Topliss-reactive ketones (excluding diaryl/α,β-unsaturated/α-hetero) is 1. The molecule has 0 fully saturated rings. The van der Waals surface area contributed by atoms with Gasteiger partial charge in [0.05, 0.1) is 30.3 Å². The van der Waals surface area contributed by atoms with Crippen LogP contribution < -0.4 is 0 Å². The standard InChI is InChI=1S/C23H24FN3O5S/c1-14-20(15(2)26-21(14)23(29)32-4)22(28)16(3)27(13-18-7-5-6-12-25-18)33(30,31)19-10-8-17(24)9-11-19/h5-12,16,26H,13H2,1-4H3. The van der Waals surface area contributed by atoms with Crippen molar-refractivity contribution < 1.29 is 27.1 Å². The molecule has 1 aromatic carbocycles. The summed E-state index contributed by atoms with van der Waals surface area (Å²) in [6.07, 6.45) is 1.52. The number of nitrogens with zero attached hydrogens (tertiary/aromatic N) is 2. The fraction of sp³-hybridized carbons (Fsp3) is 0.261. The second kappa shape index (κ2) is 9.63. The average molecular weight is 474 g/mol. The lowest BCUT2D eigenvalue weighted by Crippen LogP contribution is -2.43. The van der Waals surface area contributed by atoms with E-state index in [0.717, 1.165) is 28.6 Å². The summed E-state index contributed by atoms with van der Waals surface area (Å²) in [7, 11) is -2.98. The minimum atomic E-state index is -4.20. The molecule has 3 aromatic rings. The first-order valence-electron chi connectivity index (χ1n) is 10.1. The highest BCUT2D eigenvalue weighted by molar-refractivity contribution is 7.89. The first-order valence-corrected chi connectivity index (χ1v) is 11.5. The second-order valence-corrected chi connectivity index (χ2v) is 9.37. The Morgan fingerprint density at radius 2 is 1.82 bits per heavy atom. The number of pyridine rings is 1. The second-order valence-electron chi connectivity index (χ2n) is 7.48. The molecular formula is C23H24FN3O5S. The van der Waals surface area contributed by atoms with Gasteiger partial charge in [0.2, 0.25) is 10.0 Å². The van der Waals surface area contributed by atoms with Crippen LogP contribution in [-0.4, -0.2) is 47.6 Å². The van der Waals surface area contributed by atoms with Gasteiger partial charge in [-0.2, -0.15) is 4.31 Å². The number of H-pyrrole nitrogens is 1. The Hall–Kier alpha value is -3.37. The van der Waals surface area contributed by atoms with Crippen molar-refractivity contribution in [3.8, 4) is 0 Å². The predicted molar refractivity (Wildman–Crippen MR) is 119 cm³/mol. The van der Waals surface area contributed by atoms with Crippen molar-refractivity contribution >= 4 is 21.8 Å². The number of aryl methyl sites for hydroxylation is 1. The first kappa shape index (κ1) is 24.3. The zero-order valence-electron chi connectivity index (χ0n) is 18.6. The van der Waals surface area contributed by atoms with Gasteiger partial charge in [0.1, 0.15) is 11.5 Å². The first-order chi connectivity index (χ1) is 15.6. The van der Waals surface area contributed by atoms with Crippen molar-refractivity contribution in [2.75, 3.05) is 7.11 Å². The Morgan fingerprint density at radius 3 is 2.39 bits per heavy atom. The van der Waals surface area contributed by atoms with E-state index < -0.39 is 33.6 Å². The summed E-state index contributed by atoms with van der Waals surface area (Å²) in [5, 5.41) is 0. The van der Waals surface area contributed by atoms with E-state index in [0.29, 0.717) is 17.0 Å². The van der Waals surface area contributed by atoms with Crippen molar-refractivity contribution in [3.05, 3.63) is 82.7 Å². The van der Waals surface area contributed by atoms with Gasteiger partial charge in [-0.05, 0) is 62.7 Å². The van der Waals surface area contributed by atoms with E-state index in [1.54, 1.807) is 32.0 Å². The van der Waals surface area contributed by atoms with Gasteiger partial charge in [0, 0.05) is 17.5 Å². The molecule has 10 heteroatoms. The number of aromatic nitrogens is 2. The van der Waals surface area contributed by atoms with Gasteiger partial charge in [-0.1, -0.05) is 6.07 Å². The number of nitrogens with one attached hydrogen (secondary N) is 1. The van der Waals surface area contributed by atoms with Crippen LogP contribution >= 0.6 is 0 Å². The lowest BCUT2D eigenvalue weighted by atomic mass is 10.0. The molecule has 2 aromatic heterocycles. The van der Waals surface area contributed by atoms with Gasteiger partial charge in [0.15, 0.2) is 5.78 Å². The third-order valence-electron chi connectivity index (χ3n) is 5.35. The highest BCUT2D eigenvalue weighted by atomic mass is 32.2. The maximum Gasteiger partial charge on any atom is 0.354 e. The smallest absolute Gasteiger partial charge is 0.354 e. The topological polar surface area (TPSA) is 109 Å². The van der Waals surface area contributed by atoms with Gasteiger partial charge in [-0.25, -0.2) is 17.6 Å². The molecule has 2 heterocycles. The lowest BCUT2D eigenvalue weighted by molar-refractivity contribution is 0.0593. The molecule has 8 nitrogen and oxygen atoms in total. The van der Waals surface area contributed by atoms with E-state index >= 15 is 0 Å². The Balaban J connectivity index is 2.07. The normalized spacial score (nSPS) is 12.5. The number of halogens is 1. The molecule has 174 valence electrons. The third-order valence-corrected chi connectivity index (χ3v) is 7.28. The van der Waals surface area contributed by atoms with Crippen LogP contribution in [0, 0.1) is 19.7 Å². The molecule has 0 bridgehead atoms. The van der Waals surface area contributed by atoms with Crippen LogP contribution in [0.25, 0.3) is 0 Å². The molecule has 0 aliphatic carbocycles. The minimum absolute atomic E-state index is 0.128. The fourth-order valence-corrected chi connectivity index (χ4v) is 5.15. The largest absolute Gasteiger partial charge is 0.464 e. The number of sulfonamides is 1. The summed E-state index contributed by atoms with van der Waals surface area (Å²) in [6, 6.07) is 8.28. The van der Waals surface area contributed by atoms with E-state index in [9.17, 15) is 22.4 Å². The zero-order chi connectivity index (χ0) is 24.3. The predicted octanol–water partition coefficient (Wildman–Crippen LogP) is 3.41. The maximum atomic E-state index is 13.5. The van der Waals surface area contributed by atoms with Crippen molar-refractivity contribution in [2.45, 2.75) is 38.3 Å². The average Bonchev–Trinajstić information content (AvgIpc) is 3.10. The lowest BCUT2D eigenvalue weighted by Gasteiger charge is -2.27. The van der Waals surface area contributed by atoms with E-state index in [4.69, 9.17) is 4.74 Å². The summed E-state index contributed by atoms with van der Waals surface area (Å²) in [5.74, 6) is -1.71. The van der Waals surface area contributed by atoms with Crippen LogP contribution in [0.1, 0.15) is 44.7 Å². The van der Waals surface area contributed by atoms with Gasteiger partial charge < -0.3 is 9.72 Å². The number of ketones is 1. The quantitative estimate of drug-likeness (QED) is 0.397. The van der Waals surface area contributed by atoms with Gasteiger partial charge >= 0.3 is 5.97 Å². The molecular weight excluding hydrogens is 449 g/mol. The molecule has 0 aliphatic heterocycles. The van der Waals surface area contributed by atoms with Gasteiger partial charge in [0.25, 0.3) is 0 Å². The molecule has 0 radical (unpaired) electrons. The van der Waals surface area contributed by atoms with Crippen LogP contribution in [0.15, 0.2) is 53.6 Å². The Kier molecular flexibility index (Phi) is 7.09. The van der Waals surface area contributed by atoms with Crippen molar-refractivity contribution in [1.82, 2.24) is 14.3 Å². The molecule has 0 spiro atoms. The van der Waals surface area contributed by atoms with Crippen molar-refractivity contribution in [3.63, 3.8) is 0 Å². The fourth-order valence-electron chi connectivity index (χ4n) is 3.59. The van der Waals surface area contributed by atoms with E-state index in [1.807, 2.05) is 0 Å². The Labute approximate surface area is 191 Å². The summed E-state index contributed by atoms with van der Waals surface area (Å²) < 4.78 is 46.2. The Morgan fingerprint density at radius 1 is 1.15 bits per heavy atom. The summed E-state index contributed by atoms with van der Waals surface area (Å²) >= 11 is 0. The van der Waals surface area contributed by atoms with Crippen molar-refractivity contribution in [1.29, 1.82) is 0 Å². The van der Waals surface area contributed by atoms with Crippen molar-refractivity contribution in [2.24, 2.45) is 0 Å². The summed E-state index contributed by atoms with van der Waals surface area (Å²) in [5.41, 5.74) is 1.56. The molecule has 3 rings (SSSR count). The van der Waals surface area contributed by atoms with Crippen LogP contribution in [0.4, 0.5) is 4.39 Å². The van der Waals surface area contributed by atoms with Crippen LogP contribution in [0.2, 0.25) is 0 Å².